The molecule has 1 aliphatic heterocycles. The number of hydrogen-bond acceptors (Lipinski definition) is 4. The van der Waals surface area contributed by atoms with Crippen molar-refractivity contribution < 1.29 is 14.3 Å². The Morgan fingerprint density at radius 3 is 2.61 bits per heavy atom. The lowest BCUT2D eigenvalue weighted by Crippen LogP contribution is -2.44. The Morgan fingerprint density at radius 1 is 1.26 bits per heavy atom. The number of para-hydroxylation sites is 1. The molecular weight excluding hydrogens is 294 g/mol. The summed E-state index contributed by atoms with van der Waals surface area (Å²) >= 11 is 0. The smallest absolute Gasteiger partial charge is 0.244 e. The fourth-order valence-electron chi connectivity index (χ4n) is 2.51. The van der Waals surface area contributed by atoms with Gasteiger partial charge in [0.15, 0.2) is 0 Å². The molecule has 1 heterocycles. The zero-order valence-electron chi connectivity index (χ0n) is 13.9. The zero-order chi connectivity index (χ0) is 16.7. The lowest BCUT2D eigenvalue weighted by molar-refractivity contribution is -0.133. The van der Waals surface area contributed by atoms with Gasteiger partial charge in [0.2, 0.25) is 11.8 Å². The molecule has 1 aliphatic rings. The van der Waals surface area contributed by atoms with Crippen molar-refractivity contribution in [3.8, 4) is 0 Å². The maximum Gasteiger partial charge on any atom is 0.244 e. The summed E-state index contributed by atoms with van der Waals surface area (Å²) in [6, 6.07) is 7.61. The summed E-state index contributed by atoms with van der Waals surface area (Å²) in [5, 5.41) is 2.87. The molecule has 1 saturated heterocycles. The Bertz CT molecular complexity index is 542. The Labute approximate surface area is 137 Å². The highest BCUT2D eigenvalue weighted by Gasteiger charge is 2.17. The number of rotatable bonds is 6. The molecule has 23 heavy (non-hydrogen) atoms. The molecule has 0 spiro atoms. The van der Waals surface area contributed by atoms with Gasteiger partial charge in [-0.3, -0.25) is 14.5 Å². The average molecular weight is 319 g/mol. The number of aryl methyl sites for hydroxylation is 1. The van der Waals surface area contributed by atoms with Crippen molar-refractivity contribution in [3.05, 3.63) is 29.8 Å². The van der Waals surface area contributed by atoms with Crippen LogP contribution < -0.4 is 5.32 Å². The molecule has 1 fully saturated rings. The van der Waals surface area contributed by atoms with Gasteiger partial charge in [-0.05, 0) is 18.6 Å². The fraction of sp³-hybridized carbons (Fsp3) is 0.529. The highest BCUT2D eigenvalue weighted by molar-refractivity contribution is 5.94. The van der Waals surface area contributed by atoms with Gasteiger partial charge in [-0.25, -0.2) is 0 Å². The van der Waals surface area contributed by atoms with Crippen LogP contribution in [0.25, 0.3) is 0 Å². The topological polar surface area (TPSA) is 61.9 Å². The highest BCUT2D eigenvalue weighted by atomic mass is 16.5. The largest absolute Gasteiger partial charge is 0.379 e. The molecule has 0 radical (unpaired) electrons. The first-order chi connectivity index (χ1) is 11.1. The van der Waals surface area contributed by atoms with E-state index in [1.54, 1.807) is 4.90 Å². The molecule has 2 amide bonds. The fourth-order valence-corrected chi connectivity index (χ4v) is 2.51. The Balaban J connectivity index is 1.84. The van der Waals surface area contributed by atoms with E-state index in [0.29, 0.717) is 6.54 Å². The van der Waals surface area contributed by atoms with E-state index >= 15 is 0 Å². The van der Waals surface area contributed by atoms with Gasteiger partial charge in [0, 0.05) is 38.8 Å². The Hall–Kier alpha value is -1.92. The van der Waals surface area contributed by atoms with Crippen molar-refractivity contribution in [1.29, 1.82) is 0 Å². The van der Waals surface area contributed by atoms with Crippen LogP contribution in [-0.4, -0.2) is 67.6 Å². The van der Waals surface area contributed by atoms with Crippen LogP contribution in [0.15, 0.2) is 24.3 Å². The van der Waals surface area contributed by atoms with E-state index < -0.39 is 0 Å². The molecule has 1 aromatic carbocycles. The van der Waals surface area contributed by atoms with Crippen LogP contribution >= 0.6 is 0 Å². The van der Waals surface area contributed by atoms with E-state index in [9.17, 15) is 9.59 Å². The van der Waals surface area contributed by atoms with Crippen molar-refractivity contribution >= 4 is 17.5 Å². The summed E-state index contributed by atoms with van der Waals surface area (Å²) in [6.07, 6.45) is 0. The highest BCUT2D eigenvalue weighted by Crippen LogP contribution is 2.13. The third-order valence-electron chi connectivity index (χ3n) is 3.99. The number of morpholine rings is 1. The second-order valence-corrected chi connectivity index (χ2v) is 5.76. The molecule has 0 atom stereocenters. The molecule has 0 unspecified atom stereocenters. The molecule has 0 aliphatic carbocycles. The first kappa shape index (κ1) is 17.4. The van der Waals surface area contributed by atoms with Crippen LogP contribution in [0, 0.1) is 6.92 Å². The molecule has 6 heteroatoms. The van der Waals surface area contributed by atoms with Crippen LogP contribution in [0.3, 0.4) is 0 Å². The van der Waals surface area contributed by atoms with Gasteiger partial charge in [0.1, 0.15) is 0 Å². The van der Waals surface area contributed by atoms with Crippen LogP contribution in [0.4, 0.5) is 5.69 Å². The molecule has 0 bridgehead atoms. The molecule has 1 N–H and O–H groups in total. The number of nitrogens with one attached hydrogen (secondary N) is 1. The van der Waals surface area contributed by atoms with Crippen LogP contribution in [0.2, 0.25) is 0 Å². The first-order valence-electron chi connectivity index (χ1n) is 7.97. The second-order valence-electron chi connectivity index (χ2n) is 5.76. The summed E-state index contributed by atoms with van der Waals surface area (Å²) in [5.41, 5.74) is 1.79. The number of carbonyl (C=O) groups is 2. The Kier molecular flexibility index (Phi) is 6.55. The average Bonchev–Trinajstić information content (AvgIpc) is 2.54. The SMILES string of the molecule is CC(=O)N(CCN1CCOCC1)CC(=O)Nc1ccccc1C. The molecule has 1 aromatic rings. The normalized spacial score (nSPS) is 15.2. The lowest BCUT2D eigenvalue weighted by atomic mass is 10.2. The van der Waals surface area contributed by atoms with E-state index in [1.165, 1.54) is 6.92 Å². The summed E-state index contributed by atoms with van der Waals surface area (Å²) in [7, 11) is 0. The summed E-state index contributed by atoms with van der Waals surface area (Å²) < 4.78 is 5.31. The minimum Gasteiger partial charge on any atom is -0.379 e. The summed E-state index contributed by atoms with van der Waals surface area (Å²) in [4.78, 5) is 27.8. The zero-order valence-corrected chi connectivity index (χ0v) is 13.9. The number of nitrogens with zero attached hydrogens (tertiary/aromatic N) is 2. The number of benzene rings is 1. The van der Waals surface area contributed by atoms with Crippen molar-refractivity contribution in [3.63, 3.8) is 0 Å². The monoisotopic (exact) mass is 319 g/mol. The molecule has 126 valence electrons. The van der Waals surface area contributed by atoms with E-state index in [2.05, 4.69) is 10.2 Å². The van der Waals surface area contributed by atoms with Gasteiger partial charge in [0.25, 0.3) is 0 Å². The van der Waals surface area contributed by atoms with E-state index in [4.69, 9.17) is 4.74 Å². The first-order valence-corrected chi connectivity index (χ1v) is 7.97. The predicted octanol–water partition coefficient (Wildman–Crippen LogP) is 1.11. The van der Waals surface area contributed by atoms with Gasteiger partial charge < -0.3 is 15.0 Å². The van der Waals surface area contributed by atoms with Crippen molar-refractivity contribution in [1.82, 2.24) is 9.80 Å². The number of ether oxygens (including phenoxy) is 1. The molecular formula is C17H25N3O3. The van der Waals surface area contributed by atoms with E-state index in [-0.39, 0.29) is 18.4 Å². The van der Waals surface area contributed by atoms with Gasteiger partial charge in [0.05, 0.1) is 19.8 Å². The summed E-state index contributed by atoms with van der Waals surface area (Å²) in [6.45, 7) is 8.05. The van der Waals surface area contributed by atoms with Gasteiger partial charge in [-0.1, -0.05) is 18.2 Å². The quantitative estimate of drug-likeness (QED) is 0.853. The number of amides is 2. The Morgan fingerprint density at radius 2 is 1.96 bits per heavy atom. The van der Waals surface area contributed by atoms with E-state index in [1.807, 2.05) is 31.2 Å². The van der Waals surface area contributed by atoms with E-state index in [0.717, 1.165) is 44.1 Å². The van der Waals surface area contributed by atoms with Gasteiger partial charge in [-0.2, -0.15) is 0 Å². The van der Waals surface area contributed by atoms with Crippen LogP contribution in [-0.2, 0) is 14.3 Å². The van der Waals surface area contributed by atoms with Crippen LogP contribution in [0.5, 0.6) is 0 Å². The predicted molar refractivity (Wildman–Crippen MR) is 89.3 cm³/mol. The molecule has 6 nitrogen and oxygen atoms in total. The number of hydrogen-bond donors (Lipinski definition) is 1. The minimum absolute atomic E-state index is 0.0774. The molecule has 0 saturated carbocycles. The van der Waals surface area contributed by atoms with Crippen molar-refractivity contribution in [2.24, 2.45) is 0 Å². The second kappa shape index (κ2) is 8.64. The maximum atomic E-state index is 12.2. The van der Waals surface area contributed by atoms with Gasteiger partial charge in [-0.15, -0.1) is 0 Å². The van der Waals surface area contributed by atoms with Crippen LogP contribution in [0.1, 0.15) is 12.5 Å². The van der Waals surface area contributed by atoms with Gasteiger partial charge >= 0.3 is 0 Å². The molecule has 0 aromatic heterocycles. The molecule has 2 rings (SSSR count). The third kappa shape index (κ3) is 5.65. The third-order valence-corrected chi connectivity index (χ3v) is 3.99. The van der Waals surface area contributed by atoms with Crippen molar-refractivity contribution in [2.75, 3.05) is 51.3 Å². The van der Waals surface area contributed by atoms with Crippen molar-refractivity contribution in [2.45, 2.75) is 13.8 Å². The minimum atomic E-state index is -0.170. The lowest BCUT2D eigenvalue weighted by Gasteiger charge is -2.29. The maximum absolute atomic E-state index is 12.2. The standard InChI is InChI=1S/C17H25N3O3/c1-14-5-3-4-6-16(14)18-17(22)13-20(15(2)21)8-7-19-9-11-23-12-10-19/h3-6H,7-13H2,1-2H3,(H,18,22). The number of carbonyl (C=O) groups excluding carboxylic acids is 2. The number of anilines is 1. The summed E-state index contributed by atoms with van der Waals surface area (Å²) in [5.74, 6) is -0.255.